The molecule has 2 aromatic rings. The molecule has 10 heteroatoms. The van der Waals surface area contributed by atoms with Crippen LogP contribution in [0.4, 0.5) is 10.8 Å². The van der Waals surface area contributed by atoms with Crippen molar-refractivity contribution in [3.63, 3.8) is 0 Å². The van der Waals surface area contributed by atoms with E-state index in [1.165, 1.54) is 23.1 Å². The largest absolute Gasteiger partial charge is 0.374 e. The maximum atomic E-state index is 12.0. The average Bonchev–Trinajstić information content (AvgIpc) is 2.81. The van der Waals surface area contributed by atoms with Gasteiger partial charge in [0.05, 0.1) is 12.0 Å². The molecule has 0 unspecified atom stereocenters. The Labute approximate surface area is 130 Å². The SMILES string of the molecule is CS(=O)(=O)Nc1ccc(C(=O)CSc2nnc(N)s2)cc1. The van der Waals surface area contributed by atoms with Crippen LogP contribution in [0.3, 0.4) is 0 Å². The van der Waals surface area contributed by atoms with E-state index in [0.29, 0.717) is 20.7 Å². The summed E-state index contributed by atoms with van der Waals surface area (Å²) in [7, 11) is -3.32. The van der Waals surface area contributed by atoms with Crippen LogP contribution in [0.2, 0.25) is 0 Å². The monoisotopic (exact) mass is 344 g/mol. The van der Waals surface area contributed by atoms with E-state index >= 15 is 0 Å². The highest BCUT2D eigenvalue weighted by Gasteiger charge is 2.10. The minimum atomic E-state index is -3.32. The second-order valence-electron chi connectivity index (χ2n) is 4.07. The molecule has 0 amide bonds. The Hall–Kier alpha value is -1.65. The average molecular weight is 344 g/mol. The normalized spacial score (nSPS) is 11.3. The zero-order valence-electron chi connectivity index (χ0n) is 10.9. The van der Waals surface area contributed by atoms with Crippen molar-refractivity contribution >= 4 is 49.7 Å². The molecule has 0 atom stereocenters. The van der Waals surface area contributed by atoms with Gasteiger partial charge in [0.25, 0.3) is 0 Å². The molecule has 112 valence electrons. The predicted octanol–water partition coefficient (Wildman–Crippen LogP) is 1.47. The molecular formula is C11H12N4O3S3. The summed E-state index contributed by atoms with van der Waals surface area (Å²) >= 11 is 2.49. The lowest BCUT2D eigenvalue weighted by molar-refractivity contribution is 0.102. The van der Waals surface area contributed by atoms with Crippen molar-refractivity contribution in [1.82, 2.24) is 10.2 Å². The van der Waals surface area contributed by atoms with Gasteiger partial charge in [0.1, 0.15) is 0 Å². The lowest BCUT2D eigenvalue weighted by Gasteiger charge is -2.04. The van der Waals surface area contributed by atoms with Gasteiger partial charge in [-0.1, -0.05) is 23.1 Å². The van der Waals surface area contributed by atoms with Crippen molar-refractivity contribution in [2.75, 3.05) is 22.5 Å². The van der Waals surface area contributed by atoms with Gasteiger partial charge in [-0.05, 0) is 24.3 Å². The first-order chi connectivity index (χ1) is 9.83. The number of nitrogens with zero attached hydrogens (tertiary/aromatic N) is 2. The van der Waals surface area contributed by atoms with Gasteiger partial charge < -0.3 is 5.73 Å². The summed E-state index contributed by atoms with van der Waals surface area (Å²) in [5.41, 5.74) is 6.37. The number of aromatic nitrogens is 2. The smallest absolute Gasteiger partial charge is 0.229 e. The van der Waals surface area contributed by atoms with Crippen LogP contribution in [0.25, 0.3) is 0 Å². The van der Waals surface area contributed by atoms with Crippen molar-refractivity contribution in [3.05, 3.63) is 29.8 Å². The number of benzene rings is 1. The number of thioether (sulfide) groups is 1. The molecule has 0 spiro atoms. The highest BCUT2D eigenvalue weighted by atomic mass is 32.2. The second kappa shape index (κ2) is 6.41. The molecule has 0 bridgehead atoms. The standard InChI is InChI=1S/C11H12N4O3S3/c1-21(17,18)15-8-4-2-7(3-5-8)9(16)6-19-11-14-13-10(12)20-11/h2-5,15H,6H2,1H3,(H2,12,13). The highest BCUT2D eigenvalue weighted by Crippen LogP contribution is 2.24. The van der Waals surface area contributed by atoms with E-state index in [4.69, 9.17) is 5.73 Å². The third-order valence-corrected chi connectivity index (χ3v) is 4.75. The molecule has 0 aliphatic carbocycles. The summed E-state index contributed by atoms with van der Waals surface area (Å²) in [6.45, 7) is 0. The van der Waals surface area contributed by atoms with Crippen LogP contribution >= 0.6 is 23.1 Å². The number of nitrogen functional groups attached to an aromatic ring is 1. The van der Waals surface area contributed by atoms with E-state index in [2.05, 4.69) is 14.9 Å². The lowest BCUT2D eigenvalue weighted by Crippen LogP contribution is -2.10. The molecule has 1 aromatic carbocycles. The lowest BCUT2D eigenvalue weighted by atomic mass is 10.1. The van der Waals surface area contributed by atoms with Crippen molar-refractivity contribution in [1.29, 1.82) is 0 Å². The van der Waals surface area contributed by atoms with Crippen molar-refractivity contribution in [3.8, 4) is 0 Å². The highest BCUT2D eigenvalue weighted by molar-refractivity contribution is 8.01. The fraction of sp³-hybridized carbons (Fsp3) is 0.182. The Kier molecular flexibility index (Phi) is 4.80. The number of nitrogens with one attached hydrogen (secondary N) is 1. The van der Waals surface area contributed by atoms with Gasteiger partial charge in [0.15, 0.2) is 10.1 Å². The first kappa shape index (κ1) is 15.7. The van der Waals surface area contributed by atoms with Crippen LogP contribution in [-0.2, 0) is 10.0 Å². The summed E-state index contributed by atoms with van der Waals surface area (Å²) in [6.07, 6.45) is 1.07. The molecule has 0 fully saturated rings. The predicted molar refractivity (Wildman–Crippen MR) is 84.3 cm³/mol. The van der Waals surface area contributed by atoms with Crippen LogP contribution in [0, 0.1) is 0 Å². The van der Waals surface area contributed by atoms with Crippen molar-refractivity contribution < 1.29 is 13.2 Å². The number of carbonyl (C=O) groups excluding carboxylic acids is 1. The summed E-state index contributed by atoms with van der Waals surface area (Å²) < 4.78 is 25.1. The second-order valence-corrected chi connectivity index (χ2v) is 8.05. The zero-order valence-corrected chi connectivity index (χ0v) is 13.4. The third-order valence-electron chi connectivity index (χ3n) is 2.26. The van der Waals surface area contributed by atoms with Crippen LogP contribution < -0.4 is 10.5 Å². The van der Waals surface area contributed by atoms with Crippen molar-refractivity contribution in [2.45, 2.75) is 4.34 Å². The minimum absolute atomic E-state index is 0.0836. The Balaban J connectivity index is 1.96. The Morgan fingerprint density at radius 3 is 2.52 bits per heavy atom. The number of hydrogen-bond donors (Lipinski definition) is 2. The number of hydrogen-bond acceptors (Lipinski definition) is 8. The maximum Gasteiger partial charge on any atom is 0.229 e. The molecule has 2 rings (SSSR count). The molecule has 0 saturated carbocycles. The summed E-state index contributed by atoms with van der Waals surface area (Å²) in [4.78, 5) is 12.0. The van der Waals surface area contributed by atoms with E-state index in [9.17, 15) is 13.2 Å². The number of sulfonamides is 1. The van der Waals surface area contributed by atoms with Crippen LogP contribution in [0.5, 0.6) is 0 Å². The van der Waals surface area contributed by atoms with Gasteiger partial charge in [-0.3, -0.25) is 9.52 Å². The van der Waals surface area contributed by atoms with Gasteiger partial charge in [-0.2, -0.15) is 0 Å². The fourth-order valence-corrected chi connectivity index (χ4v) is 3.52. The quantitative estimate of drug-likeness (QED) is 0.602. The zero-order chi connectivity index (χ0) is 15.5. The number of rotatable bonds is 6. The topological polar surface area (TPSA) is 115 Å². The Morgan fingerprint density at radius 2 is 2.00 bits per heavy atom. The van der Waals surface area contributed by atoms with Gasteiger partial charge in [-0.15, -0.1) is 10.2 Å². The third kappa shape index (κ3) is 4.99. The molecule has 0 radical (unpaired) electrons. The first-order valence-corrected chi connectivity index (χ1v) is 9.36. The minimum Gasteiger partial charge on any atom is -0.374 e. The molecule has 1 aromatic heterocycles. The molecule has 7 nitrogen and oxygen atoms in total. The number of carbonyl (C=O) groups is 1. The molecule has 0 saturated heterocycles. The van der Waals surface area contributed by atoms with E-state index in [1.807, 2.05) is 0 Å². The van der Waals surface area contributed by atoms with Gasteiger partial charge in [0.2, 0.25) is 15.2 Å². The number of anilines is 2. The Morgan fingerprint density at radius 1 is 1.33 bits per heavy atom. The summed E-state index contributed by atoms with van der Waals surface area (Å²) in [5, 5.41) is 7.84. The maximum absolute atomic E-state index is 12.0. The van der Waals surface area contributed by atoms with E-state index in [-0.39, 0.29) is 11.5 Å². The molecule has 21 heavy (non-hydrogen) atoms. The van der Waals surface area contributed by atoms with Gasteiger partial charge in [-0.25, -0.2) is 8.42 Å². The van der Waals surface area contributed by atoms with E-state index < -0.39 is 10.0 Å². The number of Topliss-reactive ketones (excluding diaryl/α,β-unsaturated/α-hetero) is 1. The molecule has 0 aliphatic rings. The first-order valence-electron chi connectivity index (χ1n) is 5.66. The summed E-state index contributed by atoms with van der Waals surface area (Å²) in [6, 6.07) is 6.24. The molecule has 1 heterocycles. The fourth-order valence-electron chi connectivity index (χ4n) is 1.43. The number of nitrogens with two attached hydrogens (primary N) is 1. The van der Waals surface area contributed by atoms with Crippen LogP contribution in [0.15, 0.2) is 28.6 Å². The van der Waals surface area contributed by atoms with E-state index in [0.717, 1.165) is 6.26 Å². The van der Waals surface area contributed by atoms with E-state index in [1.54, 1.807) is 24.3 Å². The molecular weight excluding hydrogens is 332 g/mol. The van der Waals surface area contributed by atoms with Gasteiger partial charge >= 0.3 is 0 Å². The Bertz CT molecular complexity index is 740. The number of ketones is 1. The molecule has 0 aliphatic heterocycles. The summed E-state index contributed by atoms with van der Waals surface area (Å²) in [5.74, 6) is 0.132. The molecule has 3 N–H and O–H groups in total. The van der Waals surface area contributed by atoms with Crippen molar-refractivity contribution in [2.24, 2.45) is 0 Å². The van der Waals surface area contributed by atoms with Crippen LogP contribution in [-0.4, -0.2) is 36.4 Å². The van der Waals surface area contributed by atoms with Crippen LogP contribution in [0.1, 0.15) is 10.4 Å². The van der Waals surface area contributed by atoms with Gasteiger partial charge in [0, 0.05) is 11.3 Å².